The molecular weight excluding hydrogens is 344 g/mol. The molecule has 0 spiro atoms. The zero-order chi connectivity index (χ0) is 17.1. The molecule has 0 saturated carbocycles. The van der Waals surface area contributed by atoms with Gasteiger partial charge in [-0.1, -0.05) is 0 Å². The molecule has 6 nitrogen and oxygen atoms in total. The summed E-state index contributed by atoms with van der Waals surface area (Å²) in [6.07, 6.45) is 6.02. The van der Waals surface area contributed by atoms with Gasteiger partial charge in [-0.25, -0.2) is 4.79 Å². The van der Waals surface area contributed by atoms with Crippen LogP contribution in [0.4, 0.5) is 10.8 Å². The second-order valence-electron chi connectivity index (χ2n) is 5.59. The molecule has 0 aromatic carbocycles. The molecular formula is C16H20N4O2S2. The Labute approximate surface area is 150 Å². The van der Waals surface area contributed by atoms with Gasteiger partial charge in [0.15, 0.2) is 10.9 Å². The molecule has 0 radical (unpaired) electrons. The molecule has 0 unspecified atom stereocenters. The van der Waals surface area contributed by atoms with Crippen molar-refractivity contribution in [1.82, 2.24) is 9.78 Å². The van der Waals surface area contributed by atoms with Gasteiger partial charge in [-0.2, -0.15) is 5.10 Å². The van der Waals surface area contributed by atoms with Crippen molar-refractivity contribution >= 4 is 45.5 Å². The molecule has 1 aliphatic carbocycles. The summed E-state index contributed by atoms with van der Waals surface area (Å²) in [6.45, 7) is 2.18. The average Bonchev–Trinajstić information content (AvgIpc) is 3.10. The zero-order valence-electron chi connectivity index (χ0n) is 13.7. The van der Waals surface area contributed by atoms with Crippen LogP contribution in [0.15, 0.2) is 12.3 Å². The number of anilines is 2. The molecule has 8 heteroatoms. The Bertz CT molecular complexity index is 766. The van der Waals surface area contributed by atoms with E-state index in [-0.39, 0.29) is 5.97 Å². The number of thiocarbonyl (C=S) groups is 1. The van der Waals surface area contributed by atoms with Crippen LogP contribution >= 0.6 is 23.6 Å². The quantitative estimate of drug-likeness (QED) is 0.641. The van der Waals surface area contributed by atoms with Crippen molar-refractivity contribution in [1.29, 1.82) is 0 Å². The first kappa shape index (κ1) is 16.9. The summed E-state index contributed by atoms with van der Waals surface area (Å²) < 4.78 is 6.94. The first-order chi connectivity index (χ1) is 11.6. The topological polar surface area (TPSA) is 68.2 Å². The molecule has 1 aliphatic rings. The van der Waals surface area contributed by atoms with Gasteiger partial charge >= 0.3 is 5.97 Å². The predicted octanol–water partition coefficient (Wildman–Crippen LogP) is 3.35. The first-order valence-electron chi connectivity index (χ1n) is 7.97. The minimum absolute atomic E-state index is 0.278. The van der Waals surface area contributed by atoms with E-state index in [1.807, 2.05) is 26.2 Å². The number of fused-ring (bicyclic) bond motifs is 1. The van der Waals surface area contributed by atoms with E-state index >= 15 is 0 Å². The van der Waals surface area contributed by atoms with E-state index in [9.17, 15) is 4.79 Å². The summed E-state index contributed by atoms with van der Waals surface area (Å²) in [5, 5.41) is 11.6. The third-order valence-corrected chi connectivity index (χ3v) is 5.24. The lowest BCUT2D eigenvalue weighted by Gasteiger charge is -2.12. The molecule has 0 atom stereocenters. The molecule has 2 heterocycles. The zero-order valence-corrected chi connectivity index (χ0v) is 15.4. The van der Waals surface area contributed by atoms with Gasteiger partial charge in [-0.3, -0.25) is 4.68 Å². The van der Waals surface area contributed by atoms with Crippen molar-refractivity contribution in [3.8, 4) is 0 Å². The monoisotopic (exact) mass is 364 g/mol. The van der Waals surface area contributed by atoms with E-state index in [0.29, 0.717) is 23.1 Å². The standard InChI is InChI=1S/C16H20N4O2S2/c1-3-22-15(21)13-10-6-4-5-7-11(10)24-14(13)18-16(23)17-12-8-9-20(2)19-12/h8-9H,3-7H2,1-2H3,(H2,17,18,19,23). The Morgan fingerprint density at radius 1 is 1.42 bits per heavy atom. The van der Waals surface area contributed by atoms with E-state index in [4.69, 9.17) is 17.0 Å². The highest BCUT2D eigenvalue weighted by Crippen LogP contribution is 2.38. The molecule has 0 aliphatic heterocycles. The number of hydrogen-bond donors (Lipinski definition) is 2. The van der Waals surface area contributed by atoms with Crippen LogP contribution in [0.1, 0.15) is 40.6 Å². The van der Waals surface area contributed by atoms with E-state index in [1.54, 1.807) is 16.0 Å². The molecule has 0 fully saturated rings. The van der Waals surface area contributed by atoms with Crippen LogP contribution in [0, 0.1) is 0 Å². The minimum atomic E-state index is -0.278. The molecule has 128 valence electrons. The van der Waals surface area contributed by atoms with Crippen molar-refractivity contribution in [3.63, 3.8) is 0 Å². The van der Waals surface area contributed by atoms with Crippen LogP contribution < -0.4 is 10.6 Å². The van der Waals surface area contributed by atoms with Crippen molar-refractivity contribution < 1.29 is 9.53 Å². The number of hydrogen-bond acceptors (Lipinski definition) is 5. The van der Waals surface area contributed by atoms with Crippen molar-refractivity contribution in [2.75, 3.05) is 17.2 Å². The first-order valence-corrected chi connectivity index (χ1v) is 9.20. The maximum Gasteiger partial charge on any atom is 0.341 e. The lowest BCUT2D eigenvalue weighted by molar-refractivity contribution is 0.0526. The third kappa shape index (κ3) is 3.59. The number of rotatable bonds is 4. The SMILES string of the molecule is CCOC(=O)c1c(NC(=S)Nc2ccn(C)n2)sc2c1CCCC2. The Morgan fingerprint density at radius 3 is 2.92 bits per heavy atom. The molecule has 2 N–H and O–H groups in total. The second-order valence-corrected chi connectivity index (χ2v) is 7.10. The maximum atomic E-state index is 12.4. The van der Waals surface area contributed by atoms with Crippen LogP contribution in [-0.2, 0) is 24.6 Å². The third-order valence-electron chi connectivity index (χ3n) is 3.83. The van der Waals surface area contributed by atoms with Crippen LogP contribution in [0.2, 0.25) is 0 Å². The fourth-order valence-electron chi connectivity index (χ4n) is 2.81. The Kier molecular flexibility index (Phi) is 5.15. The molecule has 0 bridgehead atoms. The van der Waals surface area contributed by atoms with Crippen molar-refractivity contribution in [3.05, 3.63) is 28.3 Å². The van der Waals surface area contributed by atoms with Crippen LogP contribution in [0.3, 0.4) is 0 Å². The number of esters is 1. The second kappa shape index (κ2) is 7.31. The predicted molar refractivity (Wildman–Crippen MR) is 100.0 cm³/mol. The highest BCUT2D eigenvalue weighted by atomic mass is 32.1. The van der Waals surface area contributed by atoms with Gasteiger partial charge in [0.25, 0.3) is 0 Å². The van der Waals surface area contributed by atoms with E-state index in [1.165, 1.54) is 4.88 Å². The van der Waals surface area contributed by atoms with Crippen LogP contribution in [-0.4, -0.2) is 27.5 Å². The number of aromatic nitrogens is 2. The molecule has 2 aromatic rings. The fourth-order valence-corrected chi connectivity index (χ4v) is 4.36. The molecule has 0 amide bonds. The fraction of sp³-hybridized carbons (Fsp3) is 0.438. The summed E-state index contributed by atoms with van der Waals surface area (Å²) in [6, 6.07) is 1.83. The van der Waals surface area contributed by atoms with Crippen molar-refractivity contribution in [2.24, 2.45) is 7.05 Å². The molecule has 3 rings (SSSR count). The Morgan fingerprint density at radius 2 is 2.21 bits per heavy atom. The van der Waals surface area contributed by atoms with E-state index in [2.05, 4.69) is 15.7 Å². The number of carbonyl (C=O) groups excluding carboxylic acids is 1. The van der Waals surface area contributed by atoms with E-state index in [0.717, 1.165) is 36.2 Å². The maximum absolute atomic E-state index is 12.4. The normalized spacial score (nSPS) is 13.2. The van der Waals surface area contributed by atoms with E-state index < -0.39 is 0 Å². The number of nitrogens with zero attached hydrogens (tertiary/aromatic N) is 2. The smallest absolute Gasteiger partial charge is 0.341 e. The summed E-state index contributed by atoms with van der Waals surface area (Å²) in [5.41, 5.74) is 1.76. The summed E-state index contributed by atoms with van der Waals surface area (Å²) >= 11 is 6.96. The number of thiophene rings is 1. The highest BCUT2D eigenvalue weighted by molar-refractivity contribution is 7.80. The summed E-state index contributed by atoms with van der Waals surface area (Å²) in [5.74, 6) is 0.383. The number of ether oxygens (including phenoxy) is 1. The van der Waals surface area contributed by atoms with Gasteiger partial charge in [0.05, 0.1) is 12.2 Å². The summed E-state index contributed by atoms with van der Waals surface area (Å²) in [7, 11) is 1.84. The summed E-state index contributed by atoms with van der Waals surface area (Å²) in [4.78, 5) is 13.7. The molecule has 2 aromatic heterocycles. The van der Waals surface area contributed by atoms with Crippen LogP contribution in [0.5, 0.6) is 0 Å². The van der Waals surface area contributed by atoms with Gasteiger partial charge in [0.2, 0.25) is 0 Å². The minimum Gasteiger partial charge on any atom is -0.462 e. The van der Waals surface area contributed by atoms with Gasteiger partial charge in [-0.05, 0) is 50.4 Å². The Balaban J connectivity index is 1.82. The van der Waals surface area contributed by atoms with Gasteiger partial charge in [0, 0.05) is 24.2 Å². The number of aryl methyl sites for hydroxylation is 2. The average molecular weight is 364 g/mol. The molecule has 24 heavy (non-hydrogen) atoms. The molecule has 0 saturated heterocycles. The highest BCUT2D eigenvalue weighted by Gasteiger charge is 2.26. The van der Waals surface area contributed by atoms with Crippen LogP contribution in [0.25, 0.3) is 0 Å². The van der Waals surface area contributed by atoms with Crippen molar-refractivity contribution in [2.45, 2.75) is 32.6 Å². The van der Waals surface area contributed by atoms with Gasteiger partial charge in [-0.15, -0.1) is 11.3 Å². The largest absolute Gasteiger partial charge is 0.462 e. The Hall–Kier alpha value is -1.93. The number of nitrogens with one attached hydrogen (secondary N) is 2. The lowest BCUT2D eigenvalue weighted by atomic mass is 9.95. The number of carbonyl (C=O) groups is 1. The van der Waals surface area contributed by atoms with Gasteiger partial charge < -0.3 is 15.4 Å². The van der Waals surface area contributed by atoms with Gasteiger partial charge in [0.1, 0.15) is 5.00 Å². The lowest BCUT2D eigenvalue weighted by Crippen LogP contribution is -2.21.